The topological polar surface area (TPSA) is 102 Å². The monoisotopic (exact) mass is 436 g/mol. The van der Waals surface area contributed by atoms with Crippen LogP contribution < -0.4 is 16.4 Å². The number of nitro groups is 1. The Morgan fingerprint density at radius 3 is 1.81 bits per heavy atom. The smallest absolute Gasteiger partial charge is 0.282 e. The van der Waals surface area contributed by atoms with Gasteiger partial charge in [0.25, 0.3) is 5.69 Å². The molecule has 8 heteroatoms. The van der Waals surface area contributed by atoms with Gasteiger partial charge in [0.1, 0.15) is 5.69 Å². The maximum Gasteiger partial charge on any atom is 0.282 e. The van der Waals surface area contributed by atoms with Gasteiger partial charge in [0.2, 0.25) is 0 Å². The van der Waals surface area contributed by atoms with Crippen molar-refractivity contribution in [3.05, 3.63) is 69.3 Å². The van der Waals surface area contributed by atoms with E-state index in [2.05, 4.69) is 48.0 Å². The Morgan fingerprint density at radius 1 is 0.906 bits per heavy atom. The fourth-order valence-corrected chi connectivity index (χ4v) is 2.66. The van der Waals surface area contributed by atoms with Crippen molar-refractivity contribution in [3.63, 3.8) is 0 Å². The van der Waals surface area contributed by atoms with Gasteiger partial charge in [0.15, 0.2) is 11.4 Å². The molecule has 0 aliphatic heterocycles. The Morgan fingerprint density at radius 2 is 1.38 bits per heavy atom. The molecule has 0 atom stereocenters. The highest BCUT2D eigenvalue weighted by Crippen LogP contribution is 2.29. The molecule has 2 aromatic rings. The standard InChI is InChI=1S/C12H15N3O2.C12H17N3/c1-9(2)6-7-14-11-5-4-10(13-3)8-12(11)15(16)17;1-9(2)6-7-15-12-5-4-10(14-3)8-11(12)13/h4-5,8-9,14H,6-7H2,1-2H3;4-5,8-9,15H,6-7,13H2,1-2H3. The van der Waals surface area contributed by atoms with Gasteiger partial charge < -0.3 is 16.4 Å². The summed E-state index contributed by atoms with van der Waals surface area (Å²) >= 11 is 0. The number of nitrogens with one attached hydrogen (secondary N) is 2. The molecule has 0 aliphatic carbocycles. The van der Waals surface area contributed by atoms with Crippen molar-refractivity contribution in [3.8, 4) is 0 Å². The molecule has 170 valence electrons. The van der Waals surface area contributed by atoms with Crippen molar-refractivity contribution in [2.45, 2.75) is 40.5 Å². The normalized spacial score (nSPS) is 10.0. The summed E-state index contributed by atoms with van der Waals surface area (Å²) in [5.41, 5.74) is 8.68. The van der Waals surface area contributed by atoms with Gasteiger partial charge in [-0.1, -0.05) is 39.8 Å². The van der Waals surface area contributed by atoms with E-state index in [1.807, 2.05) is 6.07 Å². The molecule has 0 amide bonds. The maximum absolute atomic E-state index is 10.8. The van der Waals surface area contributed by atoms with Crippen LogP contribution in [0.5, 0.6) is 0 Å². The number of nitrogens with zero attached hydrogens (tertiary/aromatic N) is 3. The first-order chi connectivity index (χ1) is 15.2. The summed E-state index contributed by atoms with van der Waals surface area (Å²) in [4.78, 5) is 16.9. The fraction of sp³-hybridized carbons (Fsp3) is 0.417. The summed E-state index contributed by atoms with van der Waals surface area (Å²) < 4.78 is 0. The van der Waals surface area contributed by atoms with Crippen molar-refractivity contribution in [2.24, 2.45) is 11.8 Å². The second kappa shape index (κ2) is 13.5. The lowest BCUT2D eigenvalue weighted by atomic mass is 10.1. The molecule has 0 heterocycles. The molecular formula is C24H32N6O2. The molecule has 0 radical (unpaired) electrons. The van der Waals surface area contributed by atoms with E-state index < -0.39 is 4.92 Å². The van der Waals surface area contributed by atoms with Crippen LogP contribution in [0.3, 0.4) is 0 Å². The molecule has 0 unspecified atom stereocenters. The van der Waals surface area contributed by atoms with Crippen LogP contribution in [0, 0.1) is 35.1 Å². The van der Waals surface area contributed by atoms with Gasteiger partial charge in [0.05, 0.1) is 23.8 Å². The summed E-state index contributed by atoms with van der Waals surface area (Å²) in [7, 11) is 0. The molecule has 0 aromatic heterocycles. The third kappa shape index (κ3) is 9.36. The third-order valence-electron chi connectivity index (χ3n) is 4.55. The molecule has 0 saturated carbocycles. The molecular weight excluding hydrogens is 404 g/mol. The molecule has 8 nitrogen and oxygen atoms in total. The number of anilines is 3. The van der Waals surface area contributed by atoms with E-state index in [0.29, 0.717) is 35.4 Å². The molecule has 4 N–H and O–H groups in total. The largest absolute Gasteiger partial charge is 0.398 e. The van der Waals surface area contributed by atoms with E-state index in [4.69, 9.17) is 18.9 Å². The first kappa shape index (κ1) is 26.3. The van der Waals surface area contributed by atoms with Crippen LogP contribution in [-0.2, 0) is 0 Å². The zero-order valence-corrected chi connectivity index (χ0v) is 19.2. The molecule has 32 heavy (non-hydrogen) atoms. The fourth-order valence-electron chi connectivity index (χ4n) is 2.66. The Hall–Kier alpha value is -3.78. The van der Waals surface area contributed by atoms with E-state index in [0.717, 1.165) is 25.1 Å². The van der Waals surface area contributed by atoms with Gasteiger partial charge >= 0.3 is 0 Å². The van der Waals surface area contributed by atoms with Crippen LogP contribution in [0.15, 0.2) is 36.4 Å². The van der Waals surface area contributed by atoms with E-state index in [1.54, 1.807) is 24.3 Å². The third-order valence-corrected chi connectivity index (χ3v) is 4.55. The average Bonchev–Trinajstić information content (AvgIpc) is 2.74. The second-order valence-electron chi connectivity index (χ2n) is 8.17. The van der Waals surface area contributed by atoms with Crippen LogP contribution in [0.25, 0.3) is 9.69 Å². The highest BCUT2D eigenvalue weighted by molar-refractivity contribution is 5.71. The van der Waals surface area contributed by atoms with Crippen molar-refractivity contribution >= 4 is 34.1 Å². The summed E-state index contributed by atoms with van der Waals surface area (Å²) in [6, 6.07) is 9.81. The van der Waals surface area contributed by atoms with E-state index in [-0.39, 0.29) is 11.4 Å². The molecule has 2 rings (SSSR count). The van der Waals surface area contributed by atoms with Crippen molar-refractivity contribution < 1.29 is 4.92 Å². The number of nitro benzene ring substituents is 1. The van der Waals surface area contributed by atoms with Gasteiger partial charge in [-0.3, -0.25) is 10.1 Å². The molecule has 0 spiro atoms. The minimum Gasteiger partial charge on any atom is -0.398 e. The zero-order valence-electron chi connectivity index (χ0n) is 19.2. The molecule has 0 fully saturated rings. The van der Waals surface area contributed by atoms with Gasteiger partial charge in [-0.25, -0.2) is 9.69 Å². The number of benzene rings is 2. The highest BCUT2D eigenvalue weighted by atomic mass is 16.6. The van der Waals surface area contributed by atoms with Crippen LogP contribution in [0.4, 0.5) is 34.1 Å². The molecule has 0 saturated heterocycles. The summed E-state index contributed by atoms with van der Waals surface area (Å²) in [6.07, 6.45) is 2.06. The number of nitrogen functional groups attached to an aromatic ring is 1. The molecule has 0 bridgehead atoms. The minimum atomic E-state index is -0.466. The number of hydrogen-bond donors (Lipinski definition) is 3. The summed E-state index contributed by atoms with van der Waals surface area (Å²) in [5, 5.41) is 17.1. The molecule has 2 aromatic carbocycles. The minimum absolute atomic E-state index is 0.0396. The first-order valence-corrected chi connectivity index (χ1v) is 10.6. The molecule has 0 aliphatic rings. The lowest BCUT2D eigenvalue weighted by molar-refractivity contribution is -0.383. The van der Waals surface area contributed by atoms with Crippen LogP contribution in [0.1, 0.15) is 40.5 Å². The van der Waals surface area contributed by atoms with E-state index in [9.17, 15) is 10.1 Å². The van der Waals surface area contributed by atoms with Crippen LogP contribution in [-0.4, -0.2) is 18.0 Å². The highest BCUT2D eigenvalue weighted by Gasteiger charge is 2.14. The first-order valence-electron chi connectivity index (χ1n) is 10.6. The number of nitrogens with two attached hydrogens (primary N) is 1. The lowest BCUT2D eigenvalue weighted by Gasteiger charge is -2.10. The van der Waals surface area contributed by atoms with E-state index in [1.165, 1.54) is 6.07 Å². The van der Waals surface area contributed by atoms with Gasteiger partial charge in [-0.05, 0) is 42.9 Å². The second-order valence-corrected chi connectivity index (χ2v) is 8.17. The number of hydrogen-bond acceptors (Lipinski definition) is 5. The van der Waals surface area contributed by atoms with Gasteiger partial charge in [0, 0.05) is 24.8 Å². The Labute approximate surface area is 190 Å². The quantitative estimate of drug-likeness (QED) is 0.172. The summed E-state index contributed by atoms with van der Waals surface area (Å²) in [5.74, 6) is 1.23. The summed E-state index contributed by atoms with van der Waals surface area (Å²) in [6.45, 7) is 23.9. The average molecular weight is 437 g/mol. The Balaban J connectivity index is 0.000000323. The Bertz CT molecular complexity index is 973. The maximum atomic E-state index is 10.8. The Kier molecular flexibility index (Phi) is 11.1. The van der Waals surface area contributed by atoms with E-state index >= 15 is 0 Å². The lowest BCUT2D eigenvalue weighted by Crippen LogP contribution is -2.06. The predicted molar refractivity (Wildman–Crippen MR) is 132 cm³/mol. The zero-order chi connectivity index (χ0) is 24.1. The van der Waals surface area contributed by atoms with Crippen molar-refractivity contribution in [2.75, 3.05) is 29.5 Å². The SMILES string of the molecule is [C-]#[N+]c1ccc(NCCC(C)C)c(N)c1.[C-]#[N+]c1ccc(NCCC(C)C)c([N+](=O)[O-])c1. The van der Waals surface area contributed by atoms with Crippen LogP contribution in [0.2, 0.25) is 0 Å². The van der Waals surface area contributed by atoms with Gasteiger partial charge in [-0.2, -0.15) is 0 Å². The van der Waals surface area contributed by atoms with Crippen molar-refractivity contribution in [1.82, 2.24) is 0 Å². The van der Waals surface area contributed by atoms with Gasteiger partial charge in [-0.15, -0.1) is 0 Å². The van der Waals surface area contributed by atoms with Crippen molar-refractivity contribution in [1.29, 1.82) is 0 Å². The predicted octanol–water partition coefficient (Wildman–Crippen LogP) is 6.88. The van der Waals surface area contributed by atoms with Crippen LogP contribution >= 0.6 is 0 Å². The number of rotatable bonds is 9.